The molecular weight excluding hydrogens is 160 g/mol. The second-order valence-electron chi connectivity index (χ2n) is 4.77. The number of ketones is 1. The van der Waals surface area contributed by atoms with Crippen molar-refractivity contribution in [2.45, 2.75) is 45.4 Å². The van der Waals surface area contributed by atoms with Crippen LogP contribution in [-0.4, -0.2) is 5.78 Å². The van der Waals surface area contributed by atoms with Crippen molar-refractivity contribution >= 4 is 5.78 Å². The average Bonchev–Trinajstić information content (AvgIpc) is 2.46. The summed E-state index contributed by atoms with van der Waals surface area (Å²) in [5.74, 6) is 1.13. The monoisotopic (exact) mass is 178 g/mol. The van der Waals surface area contributed by atoms with Gasteiger partial charge in [0.2, 0.25) is 0 Å². The van der Waals surface area contributed by atoms with E-state index in [4.69, 9.17) is 0 Å². The van der Waals surface area contributed by atoms with Gasteiger partial charge in [-0.05, 0) is 31.6 Å². The molecule has 0 aromatic rings. The molecule has 2 unspecified atom stereocenters. The van der Waals surface area contributed by atoms with Crippen LogP contribution in [0.15, 0.2) is 12.2 Å². The lowest BCUT2D eigenvalue weighted by molar-refractivity contribution is -0.118. The molecule has 0 aliphatic heterocycles. The molecule has 0 aromatic heterocycles. The Hall–Kier alpha value is -0.590. The lowest BCUT2D eigenvalue weighted by Gasteiger charge is -2.41. The molecule has 2 fully saturated rings. The molecule has 0 N–H and O–H groups in total. The highest BCUT2D eigenvalue weighted by atomic mass is 16.1. The van der Waals surface area contributed by atoms with Gasteiger partial charge in [-0.3, -0.25) is 4.79 Å². The number of hydrogen-bond donors (Lipinski definition) is 0. The Morgan fingerprint density at radius 2 is 2.23 bits per heavy atom. The molecule has 72 valence electrons. The van der Waals surface area contributed by atoms with Gasteiger partial charge in [0.1, 0.15) is 5.78 Å². The van der Waals surface area contributed by atoms with Crippen LogP contribution in [0.5, 0.6) is 0 Å². The molecule has 13 heavy (non-hydrogen) atoms. The summed E-state index contributed by atoms with van der Waals surface area (Å²) in [6.07, 6.45) is 6.36. The third-order valence-corrected chi connectivity index (χ3v) is 4.13. The first-order chi connectivity index (χ1) is 6.15. The van der Waals surface area contributed by atoms with E-state index in [1.807, 2.05) is 0 Å². The van der Waals surface area contributed by atoms with E-state index in [0.717, 1.165) is 25.7 Å². The minimum absolute atomic E-state index is 0.218. The van der Waals surface area contributed by atoms with Crippen molar-refractivity contribution in [2.24, 2.45) is 11.3 Å². The summed E-state index contributed by atoms with van der Waals surface area (Å²) < 4.78 is 0. The highest BCUT2D eigenvalue weighted by molar-refractivity contribution is 5.82. The summed E-state index contributed by atoms with van der Waals surface area (Å²) in [6, 6.07) is 0. The molecular formula is C12H18O. The van der Waals surface area contributed by atoms with Crippen LogP contribution in [-0.2, 0) is 4.79 Å². The van der Waals surface area contributed by atoms with Gasteiger partial charge < -0.3 is 0 Å². The van der Waals surface area contributed by atoms with E-state index in [0.29, 0.717) is 11.7 Å². The maximum atomic E-state index is 11.4. The first kappa shape index (κ1) is 8.98. The number of rotatable bonds is 0. The summed E-state index contributed by atoms with van der Waals surface area (Å²) in [5, 5.41) is 0. The van der Waals surface area contributed by atoms with E-state index in [1.54, 1.807) is 0 Å². The average molecular weight is 178 g/mol. The second kappa shape index (κ2) is 2.97. The molecule has 0 radical (unpaired) electrons. The van der Waals surface area contributed by atoms with Crippen LogP contribution in [0.3, 0.4) is 0 Å². The van der Waals surface area contributed by atoms with Gasteiger partial charge in [0.05, 0.1) is 0 Å². The highest BCUT2D eigenvalue weighted by Gasteiger charge is 2.45. The van der Waals surface area contributed by atoms with Crippen molar-refractivity contribution in [1.29, 1.82) is 0 Å². The van der Waals surface area contributed by atoms with Crippen LogP contribution in [0, 0.1) is 11.3 Å². The van der Waals surface area contributed by atoms with Gasteiger partial charge in [-0.2, -0.15) is 0 Å². The lowest BCUT2D eigenvalue weighted by Crippen LogP contribution is -2.31. The van der Waals surface area contributed by atoms with Crippen molar-refractivity contribution in [1.82, 2.24) is 0 Å². The normalized spacial score (nSPS) is 40.2. The molecule has 2 aliphatic carbocycles. The number of allylic oxidation sites excluding steroid dienone is 1. The SMILES string of the molecule is C=C1CCCC(C)C12CCC(=O)C2. The predicted octanol–water partition coefficient (Wildman–Crippen LogP) is 3.10. The molecule has 2 aliphatic rings. The molecule has 0 heterocycles. The van der Waals surface area contributed by atoms with E-state index in [1.165, 1.54) is 18.4 Å². The van der Waals surface area contributed by atoms with Crippen molar-refractivity contribution in [3.05, 3.63) is 12.2 Å². The molecule has 0 bridgehead atoms. The number of carbonyl (C=O) groups is 1. The van der Waals surface area contributed by atoms with E-state index in [-0.39, 0.29) is 5.41 Å². The molecule has 2 atom stereocenters. The Morgan fingerprint density at radius 3 is 2.77 bits per heavy atom. The van der Waals surface area contributed by atoms with Crippen molar-refractivity contribution in [3.8, 4) is 0 Å². The zero-order valence-corrected chi connectivity index (χ0v) is 8.44. The highest BCUT2D eigenvalue weighted by Crippen LogP contribution is 2.53. The maximum Gasteiger partial charge on any atom is 0.133 e. The summed E-state index contributed by atoms with van der Waals surface area (Å²) in [7, 11) is 0. The fourth-order valence-electron chi connectivity index (χ4n) is 3.11. The second-order valence-corrected chi connectivity index (χ2v) is 4.77. The first-order valence-electron chi connectivity index (χ1n) is 5.35. The number of carbonyl (C=O) groups excluding carboxylic acids is 1. The van der Waals surface area contributed by atoms with Crippen molar-refractivity contribution in [3.63, 3.8) is 0 Å². The van der Waals surface area contributed by atoms with Gasteiger partial charge in [0.15, 0.2) is 0 Å². The zero-order valence-electron chi connectivity index (χ0n) is 8.44. The molecule has 0 aromatic carbocycles. The zero-order chi connectivity index (χ0) is 9.47. The van der Waals surface area contributed by atoms with Gasteiger partial charge in [-0.25, -0.2) is 0 Å². The van der Waals surface area contributed by atoms with Gasteiger partial charge in [0.25, 0.3) is 0 Å². The van der Waals surface area contributed by atoms with E-state index in [2.05, 4.69) is 13.5 Å². The summed E-state index contributed by atoms with van der Waals surface area (Å²) in [4.78, 5) is 11.4. The van der Waals surface area contributed by atoms with Crippen LogP contribution in [0.2, 0.25) is 0 Å². The van der Waals surface area contributed by atoms with Gasteiger partial charge in [-0.15, -0.1) is 0 Å². The van der Waals surface area contributed by atoms with Crippen LogP contribution < -0.4 is 0 Å². The largest absolute Gasteiger partial charge is 0.300 e. The van der Waals surface area contributed by atoms with Gasteiger partial charge in [0, 0.05) is 18.3 Å². The van der Waals surface area contributed by atoms with Crippen LogP contribution in [0.1, 0.15) is 45.4 Å². The van der Waals surface area contributed by atoms with E-state index in [9.17, 15) is 4.79 Å². The van der Waals surface area contributed by atoms with Gasteiger partial charge in [-0.1, -0.05) is 19.1 Å². The van der Waals surface area contributed by atoms with E-state index >= 15 is 0 Å². The molecule has 2 rings (SSSR count). The quantitative estimate of drug-likeness (QED) is 0.521. The summed E-state index contributed by atoms with van der Waals surface area (Å²) >= 11 is 0. The fourth-order valence-corrected chi connectivity index (χ4v) is 3.11. The summed E-state index contributed by atoms with van der Waals surface area (Å²) in [6.45, 7) is 6.48. The minimum atomic E-state index is 0.218. The van der Waals surface area contributed by atoms with Crippen molar-refractivity contribution in [2.75, 3.05) is 0 Å². The third-order valence-electron chi connectivity index (χ3n) is 4.13. The minimum Gasteiger partial charge on any atom is -0.300 e. The Labute approximate surface area is 80.2 Å². The molecule has 0 saturated heterocycles. The molecule has 2 saturated carbocycles. The molecule has 1 heteroatoms. The topological polar surface area (TPSA) is 17.1 Å². The Balaban J connectivity index is 2.26. The van der Waals surface area contributed by atoms with Crippen LogP contribution in [0.25, 0.3) is 0 Å². The van der Waals surface area contributed by atoms with Gasteiger partial charge >= 0.3 is 0 Å². The lowest BCUT2D eigenvalue weighted by atomic mass is 9.63. The number of hydrogen-bond acceptors (Lipinski definition) is 1. The standard InChI is InChI=1S/C12H18O/c1-9-4-3-5-10(2)12(9)7-6-11(13)8-12/h10H,1,3-8H2,2H3. The van der Waals surface area contributed by atoms with Crippen LogP contribution >= 0.6 is 0 Å². The smallest absolute Gasteiger partial charge is 0.133 e. The maximum absolute atomic E-state index is 11.4. The Bertz CT molecular complexity index is 254. The first-order valence-corrected chi connectivity index (χ1v) is 5.35. The third kappa shape index (κ3) is 1.25. The van der Waals surface area contributed by atoms with Crippen molar-refractivity contribution < 1.29 is 4.79 Å². The van der Waals surface area contributed by atoms with Crippen LogP contribution in [0.4, 0.5) is 0 Å². The number of Topliss-reactive ketones (excluding diaryl/α,β-unsaturated/α-hetero) is 1. The Kier molecular flexibility index (Phi) is 2.05. The fraction of sp³-hybridized carbons (Fsp3) is 0.750. The summed E-state index contributed by atoms with van der Waals surface area (Å²) in [5.41, 5.74) is 1.58. The molecule has 1 nitrogen and oxygen atoms in total. The Morgan fingerprint density at radius 1 is 1.46 bits per heavy atom. The van der Waals surface area contributed by atoms with E-state index < -0.39 is 0 Å². The molecule has 1 spiro atoms. The predicted molar refractivity (Wildman–Crippen MR) is 53.4 cm³/mol. The molecule has 0 amide bonds.